The molecular weight excluding hydrogens is 489 g/mol. The van der Waals surface area contributed by atoms with Gasteiger partial charge in [0.1, 0.15) is 11.9 Å². The van der Waals surface area contributed by atoms with Gasteiger partial charge in [0.05, 0.1) is 38.7 Å². The molecule has 1 aromatic rings. The number of ether oxygens (including phenoxy) is 4. The predicted molar refractivity (Wildman–Crippen MR) is 119 cm³/mol. The Balaban J connectivity index is 0.00000240. The average molecular weight is 521 g/mol. The van der Waals surface area contributed by atoms with Gasteiger partial charge >= 0.3 is 0 Å². The molecule has 3 saturated heterocycles. The molecule has 1 spiro atoms. The SMILES string of the molecule is I.c1coc(CCNC(=NCC2COC3(CCOCC3)O2)NCC2CCCO2)c1. The highest BCUT2D eigenvalue weighted by Crippen LogP contribution is 2.33. The van der Waals surface area contributed by atoms with Crippen molar-refractivity contribution in [3.8, 4) is 0 Å². The van der Waals surface area contributed by atoms with Crippen LogP contribution < -0.4 is 10.6 Å². The minimum absolute atomic E-state index is 0. The van der Waals surface area contributed by atoms with Crippen molar-refractivity contribution >= 4 is 29.9 Å². The van der Waals surface area contributed by atoms with Crippen LogP contribution in [0.2, 0.25) is 0 Å². The quantitative estimate of drug-likeness (QED) is 0.323. The van der Waals surface area contributed by atoms with Gasteiger partial charge in [-0.15, -0.1) is 24.0 Å². The number of hydrogen-bond donors (Lipinski definition) is 2. The number of hydrogen-bond acceptors (Lipinski definition) is 6. The zero-order valence-corrected chi connectivity index (χ0v) is 19.1. The summed E-state index contributed by atoms with van der Waals surface area (Å²) in [5, 5.41) is 6.79. The molecule has 3 fully saturated rings. The van der Waals surface area contributed by atoms with E-state index in [4.69, 9.17) is 28.4 Å². The summed E-state index contributed by atoms with van der Waals surface area (Å²) < 4.78 is 28.6. The van der Waals surface area contributed by atoms with Gasteiger partial charge in [-0.05, 0) is 25.0 Å². The van der Waals surface area contributed by atoms with Gasteiger partial charge in [-0.2, -0.15) is 0 Å². The van der Waals surface area contributed by atoms with Gasteiger partial charge in [-0.25, -0.2) is 0 Å². The number of nitrogens with one attached hydrogen (secondary N) is 2. The largest absolute Gasteiger partial charge is 0.469 e. The molecule has 4 heterocycles. The standard InChI is InChI=1S/C20H31N3O5.HI/c1-3-16(25-9-1)5-8-21-19(22-13-17-4-2-10-26-17)23-14-18-15-27-20(28-18)6-11-24-12-7-20;/h1,3,9,17-18H,2,4-8,10-15H2,(H2,21,22,23);1H. The lowest BCUT2D eigenvalue weighted by Crippen LogP contribution is -2.42. The van der Waals surface area contributed by atoms with Crippen molar-refractivity contribution in [3.63, 3.8) is 0 Å². The van der Waals surface area contributed by atoms with E-state index in [2.05, 4.69) is 10.6 Å². The molecule has 8 nitrogen and oxygen atoms in total. The first-order chi connectivity index (χ1) is 13.8. The van der Waals surface area contributed by atoms with E-state index in [1.54, 1.807) is 6.26 Å². The van der Waals surface area contributed by atoms with Gasteiger partial charge in [0.2, 0.25) is 0 Å². The number of rotatable bonds is 7. The fourth-order valence-corrected chi connectivity index (χ4v) is 3.79. The lowest BCUT2D eigenvalue weighted by atomic mass is 10.1. The molecule has 2 atom stereocenters. The van der Waals surface area contributed by atoms with Crippen LogP contribution in [0.5, 0.6) is 0 Å². The zero-order chi connectivity index (χ0) is 19.1. The number of furan rings is 1. The maximum atomic E-state index is 6.18. The van der Waals surface area contributed by atoms with Crippen molar-refractivity contribution in [2.75, 3.05) is 46.1 Å². The Morgan fingerprint density at radius 2 is 2.07 bits per heavy atom. The zero-order valence-electron chi connectivity index (χ0n) is 16.8. The Labute approximate surface area is 189 Å². The summed E-state index contributed by atoms with van der Waals surface area (Å²) in [6.07, 6.45) is 6.54. The van der Waals surface area contributed by atoms with Crippen molar-refractivity contribution in [2.45, 2.75) is 50.1 Å². The van der Waals surface area contributed by atoms with Crippen molar-refractivity contribution in [1.29, 1.82) is 0 Å². The molecule has 29 heavy (non-hydrogen) atoms. The molecule has 0 aromatic carbocycles. The summed E-state index contributed by atoms with van der Waals surface area (Å²) in [6, 6.07) is 3.89. The van der Waals surface area contributed by atoms with Crippen LogP contribution in [0.25, 0.3) is 0 Å². The number of halogens is 1. The Morgan fingerprint density at radius 1 is 1.17 bits per heavy atom. The van der Waals surface area contributed by atoms with Gasteiger partial charge in [0.25, 0.3) is 0 Å². The topological polar surface area (TPSA) is 86.5 Å². The van der Waals surface area contributed by atoms with E-state index in [0.29, 0.717) is 26.4 Å². The second-order valence-corrected chi connectivity index (χ2v) is 7.54. The first kappa shape index (κ1) is 22.8. The van der Waals surface area contributed by atoms with E-state index >= 15 is 0 Å². The Kier molecular flexibility index (Phi) is 9.04. The molecule has 164 valence electrons. The summed E-state index contributed by atoms with van der Waals surface area (Å²) in [5.41, 5.74) is 0. The fraction of sp³-hybridized carbons (Fsp3) is 0.750. The summed E-state index contributed by atoms with van der Waals surface area (Å²) in [6.45, 7) is 4.88. The van der Waals surface area contributed by atoms with Gasteiger partial charge < -0.3 is 34.0 Å². The molecule has 0 aliphatic carbocycles. The molecule has 9 heteroatoms. The van der Waals surface area contributed by atoms with Crippen LogP contribution in [0.15, 0.2) is 27.8 Å². The average Bonchev–Trinajstić information content (AvgIpc) is 3.47. The number of guanidine groups is 1. The first-order valence-corrected chi connectivity index (χ1v) is 10.4. The molecule has 1 aromatic heterocycles. The van der Waals surface area contributed by atoms with Gasteiger partial charge in [0, 0.05) is 39.0 Å². The highest BCUT2D eigenvalue weighted by Gasteiger charge is 2.42. The van der Waals surface area contributed by atoms with Crippen LogP contribution in [-0.4, -0.2) is 70.0 Å². The maximum Gasteiger partial charge on any atom is 0.191 e. The van der Waals surface area contributed by atoms with Gasteiger partial charge in [-0.3, -0.25) is 4.99 Å². The molecule has 3 aliphatic rings. The predicted octanol–water partition coefficient (Wildman–Crippen LogP) is 2.08. The van der Waals surface area contributed by atoms with Crippen LogP contribution in [0, 0.1) is 0 Å². The van der Waals surface area contributed by atoms with Crippen LogP contribution >= 0.6 is 24.0 Å². The third kappa shape index (κ3) is 6.81. The molecule has 0 radical (unpaired) electrons. The highest BCUT2D eigenvalue weighted by atomic mass is 127. The van der Waals surface area contributed by atoms with Crippen molar-refractivity contribution in [2.24, 2.45) is 4.99 Å². The number of nitrogens with zero attached hydrogens (tertiary/aromatic N) is 1. The van der Waals surface area contributed by atoms with E-state index in [-0.39, 0.29) is 36.2 Å². The minimum atomic E-state index is -0.462. The first-order valence-electron chi connectivity index (χ1n) is 10.4. The van der Waals surface area contributed by atoms with E-state index in [1.807, 2.05) is 12.1 Å². The van der Waals surface area contributed by atoms with Crippen molar-refractivity contribution in [1.82, 2.24) is 10.6 Å². The summed E-state index contributed by atoms with van der Waals surface area (Å²) in [4.78, 5) is 4.74. The smallest absolute Gasteiger partial charge is 0.191 e. The molecule has 3 aliphatic heterocycles. The maximum absolute atomic E-state index is 6.18. The van der Waals surface area contributed by atoms with Crippen molar-refractivity contribution < 1.29 is 23.4 Å². The molecular formula is C20H32IN3O5. The Hall–Kier alpha value is -0.880. The van der Waals surface area contributed by atoms with Gasteiger partial charge in [-0.1, -0.05) is 0 Å². The fourth-order valence-electron chi connectivity index (χ4n) is 3.79. The molecule has 2 N–H and O–H groups in total. The van der Waals surface area contributed by atoms with E-state index in [0.717, 1.165) is 63.5 Å². The third-order valence-electron chi connectivity index (χ3n) is 5.39. The van der Waals surface area contributed by atoms with Crippen LogP contribution in [0.3, 0.4) is 0 Å². The summed E-state index contributed by atoms with van der Waals surface area (Å²) in [7, 11) is 0. The van der Waals surface area contributed by atoms with Crippen molar-refractivity contribution in [3.05, 3.63) is 24.2 Å². The van der Waals surface area contributed by atoms with E-state index < -0.39 is 5.79 Å². The second-order valence-electron chi connectivity index (χ2n) is 7.54. The summed E-state index contributed by atoms with van der Waals surface area (Å²) >= 11 is 0. The normalized spacial score (nSPS) is 26.4. The van der Waals surface area contributed by atoms with Gasteiger partial charge in [0.15, 0.2) is 11.7 Å². The Bertz CT molecular complexity index is 616. The number of aliphatic imine (C=N–C) groups is 1. The van der Waals surface area contributed by atoms with E-state index in [9.17, 15) is 0 Å². The third-order valence-corrected chi connectivity index (χ3v) is 5.39. The highest BCUT2D eigenvalue weighted by molar-refractivity contribution is 14.0. The minimum Gasteiger partial charge on any atom is -0.469 e. The lowest BCUT2D eigenvalue weighted by molar-refractivity contribution is -0.210. The van der Waals surface area contributed by atoms with E-state index in [1.165, 1.54) is 0 Å². The molecule has 0 saturated carbocycles. The molecule has 2 unspecified atom stereocenters. The lowest BCUT2D eigenvalue weighted by Gasteiger charge is -2.31. The second kappa shape index (κ2) is 11.5. The van der Waals surface area contributed by atoms with Crippen LogP contribution in [-0.2, 0) is 25.4 Å². The van der Waals surface area contributed by atoms with Crippen LogP contribution in [0.1, 0.15) is 31.4 Å². The summed E-state index contributed by atoms with van der Waals surface area (Å²) in [5.74, 6) is 1.27. The molecule has 0 bridgehead atoms. The monoisotopic (exact) mass is 521 g/mol. The molecule has 4 rings (SSSR count). The Morgan fingerprint density at radius 3 is 2.83 bits per heavy atom. The molecule has 0 amide bonds. The van der Waals surface area contributed by atoms with Crippen LogP contribution in [0.4, 0.5) is 0 Å².